The quantitative estimate of drug-likeness (QED) is 0.592. The van der Waals surface area contributed by atoms with E-state index in [1.165, 1.54) is 6.07 Å². The molecule has 0 amide bonds. The molecule has 0 unspecified atom stereocenters. The van der Waals surface area contributed by atoms with Crippen LogP contribution in [0, 0.1) is 18.6 Å². The maximum Gasteiger partial charge on any atom is 0.135 e. The van der Waals surface area contributed by atoms with E-state index in [0.717, 1.165) is 6.07 Å². The Balaban J connectivity index is 0. The first-order valence-corrected chi connectivity index (χ1v) is 7.55. The Morgan fingerprint density at radius 1 is 0.810 bits per heavy atom. The van der Waals surface area contributed by atoms with Gasteiger partial charge in [0.05, 0.1) is 5.69 Å². The molecule has 0 aliphatic rings. The van der Waals surface area contributed by atoms with Crippen LogP contribution >= 0.6 is 0 Å². The number of aromatic nitrogens is 1. The summed E-state index contributed by atoms with van der Waals surface area (Å²) >= 11 is 0. The Bertz CT molecular complexity index is 482. The van der Waals surface area contributed by atoms with Crippen molar-refractivity contribution >= 4 is 0 Å². The van der Waals surface area contributed by atoms with Crippen LogP contribution < -0.4 is 0 Å². The van der Waals surface area contributed by atoms with E-state index in [2.05, 4.69) is 4.98 Å². The van der Waals surface area contributed by atoms with Crippen LogP contribution in [0.5, 0.6) is 0 Å². The van der Waals surface area contributed by atoms with Crippen LogP contribution in [0.4, 0.5) is 8.78 Å². The first kappa shape index (κ1) is 21.5. The third-order valence-corrected chi connectivity index (χ3v) is 2.19. The predicted octanol–water partition coefficient (Wildman–Crippen LogP) is 6.41. The molecule has 0 saturated carbocycles. The molecule has 1 aromatic heterocycles. The number of hydrogen-bond donors (Lipinski definition) is 0. The highest BCUT2D eigenvalue weighted by Crippen LogP contribution is 2.23. The van der Waals surface area contributed by atoms with Gasteiger partial charge in [0, 0.05) is 17.8 Å². The minimum Gasteiger partial charge on any atom is -0.256 e. The second kappa shape index (κ2) is 13.2. The van der Waals surface area contributed by atoms with E-state index in [1.807, 2.05) is 41.5 Å². The molecule has 0 fully saturated rings. The average Bonchev–Trinajstić information content (AvgIpc) is 2.57. The molecule has 2 aromatic rings. The van der Waals surface area contributed by atoms with Crippen molar-refractivity contribution in [2.75, 3.05) is 0 Å². The van der Waals surface area contributed by atoms with Crippen molar-refractivity contribution in [3.8, 4) is 11.3 Å². The van der Waals surface area contributed by atoms with Crippen molar-refractivity contribution in [2.45, 2.75) is 48.5 Å². The van der Waals surface area contributed by atoms with Crippen molar-refractivity contribution in [1.82, 2.24) is 4.98 Å². The standard InChI is InChI=1S/C12H9F2N.3C2H6/c1-8-6-9(11(14)7-10(8)13)12-4-2-3-5-15-12;3*1-2/h2-7H,1H3;3*1-2H3. The summed E-state index contributed by atoms with van der Waals surface area (Å²) in [6.07, 6.45) is 1.58. The van der Waals surface area contributed by atoms with Crippen LogP contribution in [0.1, 0.15) is 47.1 Å². The topological polar surface area (TPSA) is 12.9 Å². The molecule has 0 radical (unpaired) electrons. The molecule has 118 valence electrons. The zero-order valence-electron chi connectivity index (χ0n) is 14.2. The largest absolute Gasteiger partial charge is 0.256 e. The minimum atomic E-state index is -0.586. The maximum absolute atomic E-state index is 13.4. The van der Waals surface area contributed by atoms with Crippen LogP contribution in [0.15, 0.2) is 36.5 Å². The number of halogens is 2. The van der Waals surface area contributed by atoms with Crippen LogP contribution in [-0.2, 0) is 0 Å². The Morgan fingerprint density at radius 2 is 1.38 bits per heavy atom. The second-order valence-electron chi connectivity index (χ2n) is 3.30. The van der Waals surface area contributed by atoms with Crippen molar-refractivity contribution in [3.63, 3.8) is 0 Å². The van der Waals surface area contributed by atoms with Crippen LogP contribution in [0.25, 0.3) is 11.3 Å². The number of pyridine rings is 1. The van der Waals surface area contributed by atoms with Gasteiger partial charge in [-0.2, -0.15) is 0 Å². The monoisotopic (exact) mass is 295 g/mol. The van der Waals surface area contributed by atoms with E-state index in [0.29, 0.717) is 16.8 Å². The molecule has 1 aromatic carbocycles. The summed E-state index contributed by atoms with van der Waals surface area (Å²) in [4.78, 5) is 4.02. The zero-order chi connectivity index (χ0) is 16.8. The van der Waals surface area contributed by atoms with Crippen LogP contribution in [-0.4, -0.2) is 4.98 Å². The highest BCUT2D eigenvalue weighted by Gasteiger charge is 2.09. The molecule has 0 aliphatic carbocycles. The molecule has 0 spiro atoms. The van der Waals surface area contributed by atoms with E-state index in [4.69, 9.17) is 0 Å². The Hall–Kier alpha value is -1.77. The van der Waals surface area contributed by atoms with Gasteiger partial charge in [0.25, 0.3) is 0 Å². The van der Waals surface area contributed by atoms with Gasteiger partial charge < -0.3 is 0 Å². The van der Waals surface area contributed by atoms with E-state index in [-0.39, 0.29) is 0 Å². The fraction of sp³-hybridized carbons (Fsp3) is 0.389. The average molecular weight is 295 g/mol. The maximum atomic E-state index is 13.4. The summed E-state index contributed by atoms with van der Waals surface area (Å²) in [7, 11) is 0. The van der Waals surface area contributed by atoms with Crippen molar-refractivity contribution in [2.24, 2.45) is 0 Å². The normalized spacial score (nSPS) is 8.24. The van der Waals surface area contributed by atoms with Crippen LogP contribution in [0.3, 0.4) is 0 Å². The first-order chi connectivity index (χ1) is 10.2. The molecule has 0 saturated heterocycles. The fourth-order valence-electron chi connectivity index (χ4n) is 1.38. The van der Waals surface area contributed by atoms with Gasteiger partial charge in [0.2, 0.25) is 0 Å². The molecule has 1 heterocycles. The fourth-order valence-corrected chi connectivity index (χ4v) is 1.38. The highest BCUT2D eigenvalue weighted by atomic mass is 19.1. The van der Waals surface area contributed by atoms with Gasteiger partial charge in [0.15, 0.2) is 0 Å². The molecule has 0 bridgehead atoms. The van der Waals surface area contributed by atoms with Gasteiger partial charge in [-0.1, -0.05) is 47.6 Å². The summed E-state index contributed by atoms with van der Waals surface area (Å²) in [5.41, 5.74) is 1.25. The van der Waals surface area contributed by atoms with Gasteiger partial charge in [0.1, 0.15) is 11.6 Å². The summed E-state index contributed by atoms with van der Waals surface area (Å²) in [5, 5.41) is 0. The molecule has 0 atom stereocenters. The Labute approximate surface area is 128 Å². The van der Waals surface area contributed by atoms with E-state index in [1.54, 1.807) is 31.3 Å². The zero-order valence-corrected chi connectivity index (χ0v) is 14.2. The first-order valence-electron chi connectivity index (χ1n) is 7.55. The molecule has 1 nitrogen and oxygen atoms in total. The van der Waals surface area contributed by atoms with Gasteiger partial charge in [-0.25, -0.2) is 8.78 Å². The number of rotatable bonds is 1. The SMILES string of the molecule is CC.CC.CC.Cc1cc(-c2ccccn2)c(F)cc1F. The second-order valence-corrected chi connectivity index (χ2v) is 3.30. The van der Waals surface area contributed by atoms with Crippen molar-refractivity contribution in [1.29, 1.82) is 0 Å². The van der Waals surface area contributed by atoms with E-state index < -0.39 is 11.6 Å². The summed E-state index contributed by atoms with van der Waals surface area (Å²) < 4.78 is 26.5. The van der Waals surface area contributed by atoms with Gasteiger partial charge in [-0.15, -0.1) is 0 Å². The summed E-state index contributed by atoms with van der Waals surface area (Å²) in [6, 6.07) is 7.56. The predicted molar refractivity (Wildman–Crippen MR) is 88.4 cm³/mol. The summed E-state index contributed by atoms with van der Waals surface area (Å²) in [6.45, 7) is 13.6. The Morgan fingerprint density at radius 3 is 1.86 bits per heavy atom. The summed E-state index contributed by atoms with van der Waals surface area (Å²) in [5.74, 6) is -1.12. The number of aryl methyl sites for hydroxylation is 1. The minimum absolute atomic E-state index is 0.328. The highest BCUT2D eigenvalue weighted by molar-refractivity contribution is 5.60. The molecule has 0 aliphatic heterocycles. The lowest BCUT2D eigenvalue weighted by Crippen LogP contribution is -1.91. The third kappa shape index (κ3) is 6.98. The van der Waals surface area contributed by atoms with E-state index in [9.17, 15) is 8.78 Å². The van der Waals surface area contributed by atoms with Gasteiger partial charge >= 0.3 is 0 Å². The smallest absolute Gasteiger partial charge is 0.135 e. The van der Waals surface area contributed by atoms with Crippen molar-refractivity contribution < 1.29 is 8.78 Å². The number of nitrogens with zero attached hydrogens (tertiary/aromatic N) is 1. The molecular formula is C18H27F2N. The lowest BCUT2D eigenvalue weighted by atomic mass is 10.1. The lowest BCUT2D eigenvalue weighted by molar-refractivity contribution is 0.579. The van der Waals surface area contributed by atoms with Gasteiger partial charge in [-0.05, 0) is 30.7 Å². The lowest BCUT2D eigenvalue weighted by Gasteiger charge is -2.04. The number of benzene rings is 1. The molecular weight excluding hydrogens is 268 g/mol. The molecule has 3 heteroatoms. The Kier molecular flexibility index (Phi) is 13.6. The van der Waals surface area contributed by atoms with Crippen LogP contribution in [0.2, 0.25) is 0 Å². The number of hydrogen-bond acceptors (Lipinski definition) is 1. The van der Waals surface area contributed by atoms with Gasteiger partial charge in [-0.3, -0.25) is 4.98 Å². The van der Waals surface area contributed by atoms with Crippen molar-refractivity contribution in [3.05, 3.63) is 53.7 Å². The molecule has 2 rings (SSSR count). The third-order valence-electron chi connectivity index (χ3n) is 2.19. The van der Waals surface area contributed by atoms with E-state index >= 15 is 0 Å². The molecule has 0 N–H and O–H groups in total. The molecule has 21 heavy (non-hydrogen) atoms.